The summed E-state index contributed by atoms with van der Waals surface area (Å²) in [6.07, 6.45) is 1.93. The van der Waals surface area contributed by atoms with Crippen LogP contribution in [0.1, 0.15) is 30.9 Å². The first-order valence-corrected chi connectivity index (χ1v) is 7.29. The number of rotatable bonds is 5. The molecule has 110 valence electrons. The molecule has 2 rings (SSSR count). The van der Waals surface area contributed by atoms with Gasteiger partial charge >= 0.3 is 0 Å². The molecule has 0 aliphatic heterocycles. The zero-order valence-corrected chi connectivity index (χ0v) is 12.6. The fourth-order valence-corrected chi connectivity index (χ4v) is 2.24. The molecule has 0 fully saturated rings. The molecule has 0 amide bonds. The average Bonchev–Trinajstić information content (AvgIpc) is 2.48. The number of nitrogens with zero attached hydrogens (tertiary/aromatic N) is 1. The maximum atomic E-state index is 13.5. The highest BCUT2D eigenvalue weighted by molar-refractivity contribution is 6.35. The number of aliphatic imine (C=N–C) groups is 1. The molecule has 0 bridgehead atoms. The molecule has 0 saturated heterocycles. The van der Waals surface area contributed by atoms with E-state index in [-0.39, 0.29) is 5.75 Å². The van der Waals surface area contributed by atoms with Crippen molar-refractivity contribution >= 4 is 17.3 Å². The van der Waals surface area contributed by atoms with Crippen LogP contribution in [-0.4, -0.2) is 17.4 Å². The van der Waals surface area contributed by atoms with Crippen LogP contribution in [0.4, 0.5) is 4.39 Å². The van der Waals surface area contributed by atoms with E-state index in [9.17, 15) is 9.50 Å². The molecule has 1 N–H and O–H groups in total. The van der Waals surface area contributed by atoms with E-state index in [0.29, 0.717) is 28.4 Å². The molecule has 0 atom stereocenters. The third-order valence-corrected chi connectivity index (χ3v) is 3.45. The van der Waals surface area contributed by atoms with Crippen LogP contribution < -0.4 is 0 Å². The van der Waals surface area contributed by atoms with E-state index in [1.54, 1.807) is 6.07 Å². The van der Waals surface area contributed by atoms with Crippen LogP contribution in [0, 0.1) is 5.82 Å². The average molecular weight is 306 g/mol. The van der Waals surface area contributed by atoms with Crippen molar-refractivity contribution in [3.8, 4) is 5.75 Å². The summed E-state index contributed by atoms with van der Waals surface area (Å²) >= 11 is 6.22. The van der Waals surface area contributed by atoms with E-state index in [2.05, 4.69) is 11.9 Å². The summed E-state index contributed by atoms with van der Waals surface area (Å²) in [5.41, 5.74) is 1.57. The lowest BCUT2D eigenvalue weighted by Crippen LogP contribution is -2.06. The zero-order valence-electron chi connectivity index (χ0n) is 11.8. The van der Waals surface area contributed by atoms with Crippen LogP contribution in [-0.2, 0) is 0 Å². The van der Waals surface area contributed by atoms with Gasteiger partial charge in [0.1, 0.15) is 11.6 Å². The Hall–Kier alpha value is -1.87. The summed E-state index contributed by atoms with van der Waals surface area (Å²) in [6.45, 7) is 2.68. The summed E-state index contributed by atoms with van der Waals surface area (Å²) in [7, 11) is 0. The number of hydrogen-bond donors (Lipinski definition) is 1. The number of phenols is 1. The lowest BCUT2D eigenvalue weighted by molar-refractivity contribution is 0.472. The summed E-state index contributed by atoms with van der Waals surface area (Å²) in [4.78, 5) is 4.52. The van der Waals surface area contributed by atoms with Gasteiger partial charge in [-0.1, -0.05) is 43.1 Å². The molecule has 0 spiro atoms. The van der Waals surface area contributed by atoms with Crippen LogP contribution in [0.5, 0.6) is 5.75 Å². The first-order valence-electron chi connectivity index (χ1n) is 6.91. The summed E-state index contributed by atoms with van der Waals surface area (Å²) in [6, 6.07) is 11.1. The van der Waals surface area contributed by atoms with Crippen molar-refractivity contribution in [1.82, 2.24) is 0 Å². The Bertz CT molecular complexity index is 655. The summed E-state index contributed by atoms with van der Waals surface area (Å²) in [5.74, 6) is -0.426. The monoisotopic (exact) mass is 305 g/mol. The predicted octanol–water partition coefficient (Wildman–Crippen LogP) is 4.82. The number of hydrogen-bond acceptors (Lipinski definition) is 2. The van der Waals surface area contributed by atoms with Gasteiger partial charge in [0.25, 0.3) is 0 Å². The fraction of sp³-hybridized carbons (Fsp3) is 0.235. The number of unbranched alkanes of at least 4 members (excludes halogenated alkanes) is 1. The molecule has 4 heteroatoms. The lowest BCUT2D eigenvalue weighted by Gasteiger charge is -2.11. The van der Waals surface area contributed by atoms with Crippen LogP contribution in [0.25, 0.3) is 0 Å². The summed E-state index contributed by atoms with van der Waals surface area (Å²) < 4.78 is 13.5. The minimum Gasteiger partial charge on any atom is -0.507 e. The van der Waals surface area contributed by atoms with E-state index in [1.165, 1.54) is 18.2 Å². The van der Waals surface area contributed by atoms with Crippen molar-refractivity contribution in [2.45, 2.75) is 19.8 Å². The van der Waals surface area contributed by atoms with Gasteiger partial charge in [-0.2, -0.15) is 0 Å². The van der Waals surface area contributed by atoms with Crippen molar-refractivity contribution in [2.24, 2.45) is 4.99 Å². The molecule has 0 radical (unpaired) electrons. The smallest absolute Gasteiger partial charge is 0.125 e. The third kappa shape index (κ3) is 3.82. The van der Waals surface area contributed by atoms with Crippen molar-refractivity contribution in [2.75, 3.05) is 6.54 Å². The van der Waals surface area contributed by atoms with Gasteiger partial charge in [-0.25, -0.2) is 4.39 Å². The Morgan fingerprint density at radius 3 is 2.67 bits per heavy atom. The van der Waals surface area contributed by atoms with Gasteiger partial charge in [-0.15, -0.1) is 0 Å². The molecule has 0 aliphatic carbocycles. The number of benzene rings is 2. The van der Waals surface area contributed by atoms with Gasteiger partial charge < -0.3 is 5.11 Å². The van der Waals surface area contributed by atoms with E-state index in [4.69, 9.17) is 11.6 Å². The van der Waals surface area contributed by atoms with E-state index in [0.717, 1.165) is 12.8 Å². The first kappa shape index (κ1) is 15.5. The third-order valence-electron chi connectivity index (χ3n) is 3.12. The van der Waals surface area contributed by atoms with Crippen molar-refractivity contribution in [3.63, 3.8) is 0 Å². The molecular formula is C17H17ClFNO. The van der Waals surface area contributed by atoms with Crippen molar-refractivity contribution in [3.05, 3.63) is 64.4 Å². The van der Waals surface area contributed by atoms with Gasteiger partial charge in [0, 0.05) is 22.7 Å². The second-order valence-electron chi connectivity index (χ2n) is 4.73. The Morgan fingerprint density at radius 1 is 1.19 bits per heavy atom. The Morgan fingerprint density at radius 2 is 1.95 bits per heavy atom. The van der Waals surface area contributed by atoms with Crippen LogP contribution in [0.3, 0.4) is 0 Å². The largest absolute Gasteiger partial charge is 0.507 e. The Balaban J connectivity index is 2.54. The molecule has 0 aliphatic rings. The van der Waals surface area contributed by atoms with Crippen molar-refractivity contribution < 1.29 is 9.50 Å². The Kier molecular flexibility index (Phi) is 5.34. The molecule has 2 nitrogen and oxygen atoms in total. The standard InChI is InChI=1S/C17H17ClFNO/c1-2-3-10-20-17(13-6-4-5-7-15(13)18)14-11-12(19)8-9-16(14)21/h4-9,11,21H,2-3,10H2,1H3. The van der Waals surface area contributed by atoms with Gasteiger partial charge in [-0.3, -0.25) is 4.99 Å². The fourth-order valence-electron chi connectivity index (χ4n) is 2.02. The van der Waals surface area contributed by atoms with Gasteiger partial charge in [0.05, 0.1) is 5.71 Å². The maximum Gasteiger partial charge on any atom is 0.125 e. The molecule has 2 aromatic rings. The minimum absolute atomic E-state index is 0.00781. The molecule has 0 saturated carbocycles. The van der Waals surface area contributed by atoms with Gasteiger partial charge in [-0.05, 0) is 30.7 Å². The number of aromatic hydroxyl groups is 1. The normalized spacial score (nSPS) is 11.7. The Labute approximate surface area is 128 Å². The van der Waals surface area contributed by atoms with Crippen molar-refractivity contribution in [1.29, 1.82) is 0 Å². The van der Waals surface area contributed by atoms with Crippen LogP contribution in [0.15, 0.2) is 47.5 Å². The molecule has 2 aromatic carbocycles. The maximum absolute atomic E-state index is 13.5. The number of phenolic OH excluding ortho intramolecular Hbond substituents is 1. The topological polar surface area (TPSA) is 32.6 Å². The highest BCUT2D eigenvalue weighted by atomic mass is 35.5. The quantitative estimate of drug-likeness (QED) is 0.623. The zero-order chi connectivity index (χ0) is 15.2. The van der Waals surface area contributed by atoms with Crippen LogP contribution >= 0.6 is 11.6 Å². The molecule has 0 heterocycles. The minimum atomic E-state index is -0.418. The van der Waals surface area contributed by atoms with E-state index in [1.807, 2.05) is 18.2 Å². The SMILES string of the molecule is CCCCN=C(c1cc(F)ccc1O)c1ccccc1Cl. The van der Waals surface area contributed by atoms with Gasteiger partial charge in [0.2, 0.25) is 0 Å². The van der Waals surface area contributed by atoms with Crippen LogP contribution in [0.2, 0.25) is 5.02 Å². The number of halogens is 2. The summed E-state index contributed by atoms with van der Waals surface area (Å²) in [5, 5.41) is 10.5. The second kappa shape index (κ2) is 7.23. The van der Waals surface area contributed by atoms with Gasteiger partial charge in [0.15, 0.2) is 0 Å². The first-order chi connectivity index (χ1) is 10.1. The molecular weight excluding hydrogens is 289 g/mol. The molecule has 0 unspecified atom stereocenters. The van der Waals surface area contributed by atoms with E-state index >= 15 is 0 Å². The predicted molar refractivity (Wildman–Crippen MR) is 84.9 cm³/mol. The second-order valence-corrected chi connectivity index (χ2v) is 5.13. The van der Waals surface area contributed by atoms with E-state index < -0.39 is 5.82 Å². The highest BCUT2D eigenvalue weighted by Gasteiger charge is 2.15. The molecule has 21 heavy (non-hydrogen) atoms. The highest BCUT2D eigenvalue weighted by Crippen LogP contribution is 2.26. The molecule has 0 aromatic heterocycles. The lowest BCUT2D eigenvalue weighted by atomic mass is 10.0.